The number of hydrogen-bond acceptors (Lipinski definition) is 4. The van der Waals surface area contributed by atoms with Crippen molar-refractivity contribution in [3.05, 3.63) is 206 Å². The van der Waals surface area contributed by atoms with Crippen molar-refractivity contribution in [3.63, 3.8) is 0 Å². The number of rotatable bonds is 5. The Morgan fingerprint density at radius 3 is 1.79 bits per heavy atom. The number of thiophene rings is 1. The van der Waals surface area contributed by atoms with Crippen LogP contribution in [0.4, 0.5) is 0 Å². The minimum Gasteiger partial charge on any atom is -0.309 e. The lowest BCUT2D eigenvalue weighted by molar-refractivity contribution is 1.08. The van der Waals surface area contributed by atoms with Crippen molar-refractivity contribution >= 4 is 85.6 Å². The van der Waals surface area contributed by atoms with Crippen molar-refractivity contribution in [2.24, 2.45) is 0 Å². The zero-order valence-corrected chi connectivity index (χ0v) is 34.1. The predicted octanol–water partition coefficient (Wildman–Crippen LogP) is 15.5. The van der Waals surface area contributed by atoms with Crippen LogP contribution in [0.2, 0.25) is 0 Å². The van der Waals surface area contributed by atoms with Gasteiger partial charge < -0.3 is 4.57 Å². The Bertz CT molecular complexity index is 3930. The highest BCUT2D eigenvalue weighted by molar-refractivity contribution is 7.26. The third-order valence-electron chi connectivity index (χ3n) is 12.4. The topological polar surface area (TPSA) is 43.6 Å². The third kappa shape index (κ3) is 5.42. The predicted molar refractivity (Wildman–Crippen MR) is 261 cm³/mol. The fourth-order valence-corrected chi connectivity index (χ4v) is 10.7. The quantitative estimate of drug-likeness (QED) is 0.174. The SMILES string of the molecule is c1ccc(-c2nc(-c3ccc(-n4c5cc6ccccc6cc5c5ccc6ccccc6c54)cc3-c3cccc4ccccc34)nc(-c3cccc4c3sc3ccccc34)n2)cc1. The highest BCUT2D eigenvalue weighted by Crippen LogP contribution is 2.44. The maximum atomic E-state index is 5.43. The first-order valence-electron chi connectivity index (χ1n) is 20.9. The van der Waals surface area contributed by atoms with Crippen LogP contribution in [0.1, 0.15) is 0 Å². The molecule has 0 bridgehead atoms. The second kappa shape index (κ2) is 13.8. The minimum absolute atomic E-state index is 0.625. The van der Waals surface area contributed by atoms with E-state index < -0.39 is 0 Å². The summed E-state index contributed by atoms with van der Waals surface area (Å²) in [5, 5.41) is 12.1. The molecule has 288 valence electrons. The van der Waals surface area contributed by atoms with Crippen LogP contribution in [0.3, 0.4) is 0 Å². The van der Waals surface area contributed by atoms with Gasteiger partial charge in [0.25, 0.3) is 0 Å². The lowest BCUT2D eigenvalue weighted by Gasteiger charge is -2.17. The van der Waals surface area contributed by atoms with Gasteiger partial charge in [0.05, 0.1) is 11.0 Å². The van der Waals surface area contributed by atoms with Gasteiger partial charge in [0.2, 0.25) is 0 Å². The molecule has 13 rings (SSSR count). The van der Waals surface area contributed by atoms with Gasteiger partial charge in [0.15, 0.2) is 17.5 Å². The van der Waals surface area contributed by atoms with Crippen molar-refractivity contribution in [1.29, 1.82) is 0 Å². The Morgan fingerprint density at radius 1 is 0.339 bits per heavy atom. The average molecular weight is 807 g/mol. The van der Waals surface area contributed by atoms with Gasteiger partial charge in [-0.3, -0.25) is 0 Å². The van der Waals surface area contributed by atoms with Gasteiger partial charge in [0.1, 0.15) is 0 Å². The summed E-state index contributed by atoms with van der Waals surface area (Å²) < 4.78 is 4.88. The molecule has 13 aromatic rings. The molecule has 0 aliphatic carbocycles. The summed E-state index contributed by atoms with van der Waals surface area (Å²) >= 11 is 1.79. The number of hydrogen-bond donors (Lipinski definition) is 0. The van der Waals surface area contributed by atoms with Crippen molar-refractivity contribution in [1.82, 2.24) is 19.5 Å². The summed E-state index contributed by atoms with van der Waals surface area (Å²) in [4.78, 5) is 16.0. The number of fused-ring (bicyclic) bond motifs is 10. The number of aromatic nitrogens is 4. The van der Waals surface area contributed by atoms with Crippen LogP contribution >= 0.6 is 11.3 Å². The normalized spacial score (nSPS) is 11.9. The van der Waals surface area contributed by atoms with Crippen LogP contribution in [0.25, 0.3) is 125 Å². The molecule has 10 aromatic carbocycles. The van der Waals surface area contributed by atoms with Crippen molar-refractivity contribution in [2.45, 2.75) is 0 Å². The van der Waals surface area contributed by atoms with E-state index in [2.05, 4.69) is 193 Å². The van der Waals surface area contributed by atoms with Gasteiger partial charge in [-0.1, -0.05) is 164 Å². The first-order chi connectivity index (χ1) is 30.7. The van der Waals surface area contributed by atoms with Crippen LogP contribution in [-0.2, 0) is 0 Å². The van der Waals surface area contributed by atoms with Crippen molar-refractivity contribution in [3.8, 4) is 51.0 Å². The second-order valence-electron chi connectivity index (χ2n) is 15.9. The standard InChI is InChI=1S/C57H34N4S/c1-2-16-37(17-3-1)55-58-56(60-57(59-55)48-26-13-25-46-44-23-10-11-27-52(44)62-54(46)48)47-31-29-40(34-49(47)43-24-12-20-35-14-6-8-21-41(35)43)61-51-33-39-19-5-4-18-38(39)32-50(51)45-30-28-36-15-7-9-22-42(36)53(45)61/h1-34H. The van der Waals surface area contributed by atoms with Crippen LogP contribution in [-0.4, -0.2) is 19.5 Å². The van der Waals surface area contributed by atoms with Crippen LogP contribution in [0.5, 0.6) is 0 Å². The highest BCUT2D eigenvalue weighted by Gasteiger charge is 2.22. The van der Waals surface area contributed by atoms with Crippen molar-refractivity contribution in [2.75, 3.05) is 0 Å². The molecule has 0 N–H and O–H groups in total. The Balaban J connectivity index is 1.12. The molecule has 3 aromatic heterocycles. The Kier molecular flexibility index (Phi) is 7.74. The van der Waals surface area contributed by atoms with E-state index in [0.717, 1.165) is 39.0 Å². The molecule has 0 aliphatic rings. The molecule has 0 spiro atoms. The summed E-state index contributed by atoms with van der Waals surface area (Å²) in [6.45, 7) is 0. The smallest absolute Gasteiger partial charge is 0.165 e. The summed E-state index contributed by atoms with van der Waals surface area (Å²) in [5.74, 6) is 1.91. The molecule has 62 heavy (non-hydrogen) atoms. The summed E-state index contributed by atoms with van der Waals surface area (Å²) in [6, 6.07) is 74.0. The first kappa shape index (κ1) is 34.8. The van der Waals surface area contributed by atoms with Gasteiger partial charge in [0, 0.05) is 58.7 Å². The maximum Gasteiger partial charge on any atom is 0.165 e. The van der Waals surface area contributed by atoms with E-state index in [0.29, 0.717) is 17.5 Å². The molecular weight excluding hydrogens is 773 g/mol. The van der Waals surface area contributed by atoms with E-state index >= 15 is 0 Å². The molecule has 0 saturated heterocycles. The highest BCUT2D eigenvalue weighted by atomic mass is 32.1. The molecule has 0 amide bonds. The molecule has 0 radical (unpaired) electrons. The van der Waals surface area contributed by atoms with Crippen LogP contribution in [0, 0.1) is 0 Å². The Hall–Kier alpha value is -7.99. The van der Waals surface area contributed by atoms with Gasteiger partial charge >= 0.3 is 0 Å². The van der Waals surface area contributed by atoms with Gasteiger partial charge in [-0.2, -0.15) is 0 Å². The minimum atomic E-state index is 0.625. The van der Waals surface area contributed by atoms with Crippen molar-refractivity contribution < 1.29 is 0 Å². The molecule has 0 fully saturated rings. The Morgan fingerprint density at radius 2 is 0.952 bits per heavy atom. The molecule has 0 saturated carbocycles. The number of nitrogens with zero attached hydrogens (tertiary/aromatic N) is 4. The largest absolute Gasteiger partial charge is 0.309 e. The number of benzene rings is 10. The third-order valence-corrected chi connectivity index (χ3v) is 13.6. The molecular formula is C57H34N4S. The molecule has 0 atom stereocenters. The van der Waals surface area contributed by atoms with E-state index in [4.69, 9.17) is 15.0 Å². The van der Waals surface area contributed by atoms with E-state index in [1.807, 2.05) is 18.2 Å². The first-order valence-corrected chi connectivity index (χ1v) is 21.7. The second-order valence-corrected chi connectivity index (χ2v) is 17.0. The maximum absolute atomic E-state index is 5.43. The zero-order chi connectivity index (χ0) is 40.7. The van der Waals surface area contributed by atoms with E-state index in [1.54, 1.807) is 11.3 Å². The average Bonchev–Trinajstić information content (AvgIpc) is 3.89. The summed E-state index contributed by atoms with van der Waals surface area (Å²) in [6.07, 6.45) is 0. The lowest BCUT2D eigenvalue weighted by Crippen LogP contribution is -2.02. The molecule has 4 nitrogen and oxygen atoms in total. The fourth-order valence-electron chi connectivity index (χ4n) is 9.54. The molecule has 0 aliphatic heterocycles. The van der Waals surface area contributed by atoms with E-state index in [1.165, 1.54) is 68.8 Å². The van der Waals surface area contributed by atoms with E-state index in [-0.39, 0.29) is 0 Å². The van der Waals surface area contributed by atoms with Crippen LogP contribution in [0.15, 0.2) is 206 Å². The summed E-state index contributed by atoms with van der Waals surface area (Å²) in [5.41, 5.74) is 8.46. The van der Waals surface area contributed by atoms with Gasteiger partial charge in [-0.25, -0.2) is 15.0 Å². The van der Waals surface area contributed by atoms with Gasteiger partial charge in [-0.05, 0) is 80.5 Å². The summed E-state index contributed by atoms with van der Waals surface area (Å²) in [7, 11) is 0. The zero-order valence-electron chi connectivity index (χ0n) is 33.3. The lowest BCUT2D eigenvalue weighted by atomic mass is 9.93. The molecule has 0 unspecified atom stereocenters. The fraction of sp³-hybridized carbons (Fsp3) is 0. The molecule has 3 heterocycles. The van der Waals surface area contributed by atoms with Gasteiger partial charge in [-0.15, -0.1) is 11.3 Å². The Labute approximate surface area is 360 Å². The van der Waals surface area contributed by atoms with Crippen LogP contribution < -0.4 is 0 Å². The molecule has 5 heteroatoms. The van der Waals surface area contributed by atoms with E-state index in [9.17, 15) is 0 Å². The monoisotopic (exact) mass is 806 g/mol.